The van der Waals surface area contributed by atoms with Gasteiger partial charge in [0.2, 0.25) is 0 Å². The first kappa shape index (κ1) is 24.4. The van der Waals surface area contributed by atoms with E-state index in [0.717, 1.165) is 0 Å². The molecule has 0 fully saturated rings. The Morgan fingerprint density at radius 3 is 2.11 bits per heavy atom. The van der Waals surface area contributed by atoms with Crippen LogP contribution in [-0.4, -0.2) is 4.57 Å². The fourth-order valence-electron chi connectivity index (χ4n) is 3.18. The quantitative estimate of drug-likeness (QED) is 0.306. The number of rotatable bonds is 1. The van der Waals surface area contributed by atoms with Crippen LogP contribution in [-0.2, 0) is 26.2 Å². The fraction of sp³-hybridized carbons (Fsp3) is 0.0833. The summed E-state index contributed by atoms with van der Waals surface area (Å²) in [5.74, 6) is 0. The Morgan fingerprint density at radius 2 is 1.50 bits per heavy atom. The van der Waals surface area contributed by atoms with E-state index in [0.29, 0.717) is 0 Å². The summed E-state index contributed by atoms with van der Waals surface area (Å²) >= 11 is 0. The summed E-state index contributed by atoms with van der Waals surface area (Å²) in [4.78, 5) is 0. The van der Waals surface area contributed by atoms with E-state index in [1.54, 1.807) is 0 Å². The maximum absolute atomic E-state index is 2.25. The van der Waals surface area contributed by atoms with E-state index in [1.807, 2.05) is 0 Å². The first-order valence-electron chi connectivity index (χ1n) is 8.63. The number of para-hydroxylation sites is 1. The normalized spacial score (nSPS) is 9.64. The average Bonchev–Trinajstić information content (AvgIpc) is 3.34. The van der Waals surface area contributed by atoms with Gasteiger partial charge in [0, 0.05) is 6.20 Å². The van der Waals surface area contributed by atoms with Crippen LogP contribution in [0.2, 0.25) is 0 Å². The van der Waals surface area contributed by atoms with Crippen molar-refractivity contribution in [3.8, 4) is 5.69 Å². The molecular weight excluding hydrogens is 464 g/mol. The van der Waals surface area contributed by atoms with E-state index in [4.69, 9.17) is 0 Å². The van der Waals surface area contributed by atoms with Gasteiger partial charge in [-0.25, -0.2) is 12.1 Å². The van der Waals surface area contributed by atoms with E-state index in [9.17, 15) is 0 Å². The summed E-state index contributed by atoms with van der Waals surface area (Å²) < 4.78 is 2.25. The molecule has 0 saturated heterocycles. The van der Waals surface area contributed by atoms with Crippen LogP contribution in [0.15, 0.2) is 91.1 Å². The van der Waals surface area contributed by atoms with Gasteiger partial charge in [-0.2, -0.15) is 17.2 Å². The minimum absolute atomic E-state index is 0. The molecule has 140 valence electrons. The zero-order chi connectivity index (χ0) is 17.2. The second-order valence-electron chi connectivity index (χ2n) is 6.48. The molecule has 1 aromatic heterocycles. The number of aromatic nitrogens is 1. The number of hydrogen-bond acceptors (Lipinski definition) is 0. The van der Waals surface area contributed by atoms with Crippen LogP contribution in [0.25, 0.3) is 27.4 Å². The average molecular weight is 486 g/mol. The zero-order valence-electron chi connectivity index (χ0n) is 15.9. The molecule has 1 heterocycles. The van der Waals surface area contributed by atoms with Crippen LogP contribution in [0.1, 0.15) is 11.1 Å². The summed E-state index contributed by atoms with van der Waals surface area (Å²) in [5.41, 5.74) is 5.27. The molecule has 0 aliphatic heterocycles. The third kappa shape index (κ3) is 5.06. The van der Waals surface area contributed by atoms with E-state index >= 15 is 0 Å². The maximum atomic E-state index is 2.25. The van der Waals surface area contributed by atoms with Gasteiger partial charge in [0.1, 0.15) is 0 Å². The molecular formula is C24H21Cl2NZr. The topological polar surface area (TPSA) is 4.93 Å². The van der Waals surface area contributed by atoms with Gasteiger partial charge in [0.05, 0.1) is 5.52 Å². The first-order chi connectivity index (χ1) is 12.2. The minimum atomic E-state index is 0. The predicted molar refractivity (Wildman–Crippen MR) is 108 cm³/mol. The molecule has 0 saturated carbocycles. The Kier molecular flexibility index (Phi) is 9.44. The first-order valence-corrected chi connectivity index (χ1v) is 8.63. The van der Waals surface area contributed by atoms with Gasteiger partial charge in [0.25, 0.3) is 0 Å². The third-order valence-electron chi connectivity index (χ3n) is 4.79. The molecule has 0 N–H and O–H groups in total. The van der Waals surface area contributed by atoms with Crippen molar-refractivity contribution in [1.82, 2.24) is 4.57 Å². The SMILES string of the molecule is Cc1ccc[c-]1C.[Cl-].[Cl-].[Zr+4].c1ccc2[cH-]c(-n3ccc4ccccc43)cc2c1. The molecule has 5 rings (SSSR count). The fourth-order valence-corrected chi connectivity index (χ4v) is 3.18. The van der Waals surface area contributed by atoms with Crippen LogP contribution in [0, 0.1) is 13.8 Å². The molecule has 0 amide bonds. The summed E-state index contributed by atoms with van der Waals surface area (Å²) in [6.07, 6.45) is 2.14. The summed E-state index contributed by atoms with van der Waals surface area (Å²) in [6.45, 7) is 4.24. The number of aryl methyl sites for hydroxylation is 2. The number of hydrogen-bond donors (Lipinski definition) is 0. The molecule has 28 heavy (non-hydrogen) atoms. The number of halogens is 2. The van der Waals surface area contributed by atoms with Crippen molar-refractivity contribution in [1.29, 1.82) is 0 Å². The molecule has 0 spiro atoms. The van der Waals surface area contributed by atoms with Gasteiger partial charge in [0.15, 0.2) is 0 Å². The molecule has 5 aromatic rings. The Hall–Kier alpha value is -1.60. The summed E-state index contributed by atoms with van der Waals surface area (Å²) in [6, 6.07) is 29.9. The molecule has 0 aliphatic rings. The monoisotopic (exact) mass is 483 g/mol. The van der Waals surface area contributed by atoms with Crippen molar-refractivity contribution >= 4 is 21.7 Å². The standard InChI is InChI=1S/C17H12N.C7H9.2ClH.Zr/c1-2-7-15-12-16(11-14(15)6-1)18-10-9-13-5-3-4-8-17(13)18;1-6-4-3-5-7(6)2;;;/h1-12H;3-5H,1-2H3;2*1H;/q2*-1;;;+4/p-2. The molecule has 4 aromatic carbocycles. The van der Waals surface area contributed by atoms with Gasteiger partial charge in [-0.3, -0.25) is 0 Å². The largest absolute Gasteiger partial charge is 4.00 e. The van der Waals surface area contributed by atoms with Gasteiger partial charge < -0.3 is 29.4 Å². The van der Waals surface area contributed by atoms with Crippen LogP contribution in [0.5, 0.6) is 0 Å². The van der Waals surface area contributed by atoms with Crippen LogP contribution in [0.4, 0.5) is 0 Å². The van der Waals surface area contributed by atoms with E-state index in [2.05, 4.69) is 110 Å². The van der Waals surface area contributed by atoms with Crippen LogP contribution in [0.3, 0.4) is 0 Å². The van der Waals surface area contributed by atoms with Crippen molar-refractivity contribution < 1.29 is 51.0 Å². The zero-order valence-corrected chi connectivity index (χ0v) is 19.8. The molecule has 0 radical (unpaired) electrons. The third-order valence-corrected chi connectivity index (χ3v) is 4.79. The van der Waals surface area contributed by atoms with Crippen molar-refractivity contribution in [2.24, 2.45) is 0 Å². The van der Waals surface area contributed by atoms with Gasteiger partial charge >= 0.3 is 26.2 Å². The van der Waals surface area contributed by atoms with E-state index < -0.39 is 0 Å². The van der Waals surface area contributed by atoms with Gasteiger partial charge in [-0.05, 0) is 23.2 Å². The predicted octanol–water partition coefficient (Wildman–Crippen LogP) is 0.530. The molecule has 0 atom stereocenters. The second kappa shape index (κ2) is 10.8. The number of benzene rings is 2. The number of fused-ring (bicyclic) bond motifs is 2. The molecule has 0 unspecified atom stereocenters. The van der Waals surface area contributed by atoms with Crippen molar-refractivity contribution in [2.75, 3.05) is 0 Å². The number of nitrogens with zero attached hydrogens (tertiary/aromatic N) is 1. The summed E-state index contributed by atoms with van der Waals surface area (Å²) in [5, 5.41) is 3.87. The second-order valence-corrected chi connectivity index (χ2v) is 6.48. The van der Waals surface area contributed by atoms with Crippen molar-refractivity contribution in [2.45, 2.75) is 13.8 Å². The van der Waals surface area contributed by atoms with E-state index in [1.165, 1.54) is 38.5 Å². The Morgan fingerprint density at radius 1 is 0.821 bits per heavy atom. The molecule has 0 bridgehead atoms. The Bertz CT molecular complexity index is 1080. The Balaban J connectivity index is 0.000000341. The summed E-state index contributed by atoms with van der Waals surface area (Å²) in [7, 11) is 0. The molecule has 1 nitrogen and oxygen atoms in total. The smallest absolute Gasteiger partial charge is 1.00 e. The van der Waals surface area contributed by atoms with Crippen LogP contribution < -0.4 is 24.8 Å². The van der Waals surface area contributed by atoms with Crippen molar-refractivity contribution in [3.63, 3.8) is 0 Å². The van der Waals surface area contributed by atoms with Gasteiger partial charge in [-0.1, -0.05) is 38.1 Å². The van der Waals surface area contributed by atoms with Crippen molar-refractivity contribution in [3.05, 3.63) is 102 Å². The maximum Gasteiger partial charge on any atom is 4.00 e. The molecule has 4 heteroatoms. The van der Waals surface area contributed by atoms with E-state index in [-0.39, 0.29) is 51.0 Å². The molecule has 0 aliphatic carbocycles. The Labute approximate surface area is 198 Å². The minimum Gasteiger partial charge on any atom is -1.00 e. The van der Waals surface area contributed by atoms with Crippen LogP contribution >= 0.6 is 0 Å². The van der Waals surface area contributed by atoms with Gasteiger partial charge in [-0.15, -0.1) is 41.1 Å².